The number of carbonyl (C=O) groups excluding carboxylic acids is 1. The molecule has 26 heavy (non-hydrogen) atoms. The molecule has 2 rings (SSSR count). The molecular weight excluding hydrogens is 328 g/mol. The summed E-state index contributed by atoms with van der Waals surface area (Å²) in [4.78, 5) is 23.2. The first-order valence-electron chi connectivity index (χ1n) is 9.90. The fourth-order valence-electron chi connectivity index (χ4n) is 3.03. The van der Waals surface area contributed by atoms with Crippen molar-refractivity contribution in [1.29, 1.82) is 0 Å². The molecule has 1 N–H and O–H groups in total. The van der Waals surface area contributed by atoms with Crippen LogP contribution < -0.4 is 0 Å². The molecule has 1 unspecified atom stereocenters. The molecule has 0 aliphatic heterocycles. The lowest BCUT2D eigenvalue weighted by molar-refractivity contribution is -0.149. The number of esters is 1. The van der Waals surface area contributed by atoms with Gasteiger partial charge in [0.05, 0.1) is 18.1 Å². The standard InChI is InChI=1S/C19H26O4.C3H8/c1-13(2)5-3-4-10-23-19(22)17-9-7-14-11-16(18(20)21)8-6-15(14)12-17;1-3-2/h6,8,11,13,17H,3-5,7,9-10,12H2,1-2H3,(H,20,21);3H2,1-2H3. The highest BCUT2D eigenvalue weighted by Crippen LogP contribution is 2.27. The van der Waals surface area contributed by atoms with Gasteiger partial charge in [-0.1, -0.05) is 46.6 Å². The highest BCUT2D eigenvalue weighted by molar-refractivity contribution is 5.88. The molecule has 1 aliphatic rings. The van der Waals surface area contributed by atoms with Crippen LogP contribution in [-0.4, -0.2) is 23.7 Å². The molecule has 4 nitrogen and oxygen atoms in total. The summed E-state index contributed by atoms with van der Waals surface area (Å²) in [5.74, 6) is -0.419. The lowest BCUT2D eigenvalue weighted by atomic mass is 9.83. The average molecular weight is 363 g/mol. The number of hydrogen-bond acceptors (Lipinski definition) is 3. The third-order valence-electron chi connectivity index (χ3n) is 4.44. The molecule has 1 atom stereocenters. The molecule has 0 saturated carbocycles. The van der Waals surface area contributed by atoms with Crippen LogP contribution in [0.15, 0.2) is 18.2 Å². The Hall–Kier alpha value is -1.84. The van der Waals surface area contributed by atoms with Gasteiger partial charge in [-0.05, 0) is 61.3 Å². The Kier molecular flexibility index (Phi) is 10.0. The first kappa shape index (κ1) is 22.2. The molecule has 0 radical (unpaired) electrons. The molecule has 1 aromatic rings. The van der Waals surface area contributed by atoms with Crippen LogP contribution in [0.4, 0.5) is 0 Å². The van der Waals surface area contributed by atoms with Crippen molar-refractivity contribution in [3.05, 3.63) is 34.9 Å². The molecule has 0 heterocycles. The molecule has 0 fully saturated rings. The van der Waals surface area contributed by atoms with Crippen molar-refractivity contribution in [3.63, 3.8) is 0 Å². The van der Waals surface area contributed by atoms with Gasteiger partial charge in [0, 0.05) is 0 Å². The van der Waals surface area contributed by atoms with E-state index in [0.717, 1.165) is 36.8 Å². The molecule has 4 heteroatoms. The number of aromatic carboxylic acids is 1. The summed E-state index contributed by atoms with van der Waals surface area (Å²) in [6.45, 7) is 9.15. The van der Waals surface area contributed by atoms with Crippen LogP contribution in [0, 0.1) is 11.8 Å². The Balaban J connectivity index is 0.00000105. The zero-order valence-corrected chi connectivity index (χ0v) is 16.7. The van der Waals surface area contributed by atoms with E-state index in [0.29, 0.717) is 24.5 Å². The van der Waals surface area contributed by atoms with E-state index in [4.69, 9.17) is 9.84 Å². The summed E-state index contributed by atoms with van der Waals surface area (Å²) in [5.41, 5.74) is 2.43. The van der Waals surface area contributed by atoms with Crippen molar-refractivity contribution in [2.75, 3.05) is 6.61 Å². The number of rotatable bonds is 7. The topological polar surface area (TPSA) is 63.6 Å². The number of aryl methyl sites for hydroxylation is 1. The minimum Gasteiger partial charge on any atom is -0.478 e. The lowest BCUT2D eigenvalue weighted by Gasteiger charge is -2.23. The highest BCUT2D eigenvalue weighted by Gasteiger charge is 2.26. The highest BCUT2D eigenvalue weighted by atomic mass is 16.5. The quantitative estimate of drug-likeness (QED) is 0.530. The number of benzene rings is 1. The second-order valence-corrected chi connectivity index (χ2v) is 7.49. The van der Waals surface area contributed by atoms with Gasteiger partial charge in [-0.2, -0.15) is 0 Å². The smallest absolute Gasteiger partial charge is 0.335 e. The predicted molar refractivity (Wildman–Crippen MR) is 105 cm³/mol. The van der Waals surface area contributed by atoms with Gasteiger partial charge in [-0.3, -0.25) is 4.79 Å². The second-order valence-electron chi connectivity index (χ2n) is 7.49. The maximum atomic E-state index is 12.2. The number of carbonyl (C=O) groups is 2. The van der Waals surface area contributed by atoms with Gasteiger partial charge in [-0.25, -0.2) is 4.79 Å². The average Bonchev–Trinajstić information content (AvgIpc) is 2.60. The van der Waals surface area contributed by atoms with Crippen LogP contribution in [0.2, 0.25) is 0 Å². The predicted octanol–water partition coefficient (Wildman–Crippen LogP) is 5.28. The maximum Gasteiger partial charge on any atom is 0.335 e. The minimum absolute atomic E-state index is 0.0942. The van der Waals surface area contributed by atoms with Crippen LogP contribution in [0.1, 0.15) is 81.3 Å². The molecular formula is C22H34O4. The summed E-state index contributed by atoms with van der Waals surface area (Å²) in [5, 5.41) is 9.03. The number of fused-ring (bicyclic) bond motifs is 1. The van der Waals surface area contributed by atoms with Crippen molar-refractivity contribution in [2.24, 2.45) is 11.8 Å². The van der Waals surface area contributed by atoms with Crippen molar-refractivity contribution in [3.8, 4) is 0 Å². The maximum absolute atomic E-state index is 12.2. The van der Waals surface area contributed by atoms with E-state index in [9.17, 15) is 9.59 Å². The third-order valence-corrected chi connectivity index (χ3v) is 4.44. The van der Waals surface area contributed by atoms with Crippen LogP contribution in [-0.2, 0) is 22.4 Å². The van der Waals surface area contributed by atoms with Crippen LogP contribution in [0.25, 0.3) is 0 Å². The van der Waals surface area contributed by atoms with Gasteiger partial charge < -0.3 is 9.84 Å². The van der Waals surface area contributed by atoms with E-state index in [1.807, 2.05) is 6.07 Å². The van der Waals surface area contributed by atoms with E-state index >= 15 is 0 Å². The second kappa shape index (κ2) is 11.7. The molecule has 0 saturated heterocycles. The van der Waals surface area contributed by atoms with E-state index < -0.39 is 5.97 Å². The summed E-state index contributed by atoms with van der Waals surface area (Å²) in [7, 11) is 0. The van der Waals surface area contributed by atoms with Crippen molar-refractivity contribution in [1.82, 2.24) is 0 Å². The van der Waals surface area contributed by atoms with Crippen LogP contribution in [0.3, 0.4) is 0 Å². The largest absolute Gasteiger partial charge is 0.478 e. The number of carboxylic acids is 1. The summed E-state index contributed by atoms with van der Waals surface area (Å²) in [6.07, 6.45) is 6.57. The third kappa shape index (κ3) is 7.59. The Bertz CT molecular complexity index is 578. The van der Waals surface area contributed by atoms with Crippen LogP contribution >= 0.6 is 0 Å². The van der Waals surface area contributed by atoms with Crippen molar-refractivity contribution in [2.45, 2.75) is 72.6 Å². The molecule has 146 valence electrons. The molecule has 0 spiro atoms. The molecule has 0 aromatic heterocycles. The van der Waals surface area contributed by atoms with Gasteiger partial charge in [0.2, 0.25) is 0 Å². The number of ether oxygens (including phenoxy) is 1. The van der Waals surface area contributed by atoms with Gasteiger partial charge in [-0.15, -0.1) is 0 Å². The SMILES string of the molecule is CC(C)CCCCOC(=O)C1CCc2cc(C(=O)O)ccc2C1.CCC. The van der Waals surface area contributed by atoms with Gasteiger partial charge in [0.25, 0.3) is 0 Å². The van der Waals surface area contributed by atoms with E-state index in [1.165, 1.54) is 12.8 Å². The monoisotopic (exact) mass is 362 g/mol. The molecule has 0 amide bonds. The zero-order valence-electron chi connectivity index (χ0n) is 16.7. The lowest BCUT2D eigenvalue weighted by Crippen LogP contribution is -2.25. The normalized spacial score (nSPS) is 15.7. The summed E-state index contributed by atoms with van der Waals surface area (Å²) < 4.78 is 5.41. The summed E-state index contributed by atoms with van der Waals surface area (Å²) >= 11 is 0. The molecule has 0 bridgehead atoms. The van der Waals surface area contributed by atoms with Crippen molar-refractivity contribution < 1.29 is 19.4 Å². The van der Waals surface area contributed by atoms with Gasteiger partial charge in [0.1, 0.15) is 0 Å². The van der Waals surface area contributed by atoms with Gasteiger partial charge in [0.15, 0.2) is 0 Å². The van der Waals surface area contributed by atoms with Crippen LogP contribution in [0.5, 0.6) is 0 Å². The van der Waals surface area contributed by atoms with E-state index in [-0.39, 0.29) is 11.9 Å². The first-order chi connectivity index (χ1) is 12.4. The fraction of sp³-hybridized carbons (Fsp3) is 0.636. The molecule has 1 aromatic carbocycles. The fourth-order valence-corrected chi connectivity index (χ4v) is 3.03. The zero-order chi connectivity index (χ0) is 19.5. The van der Waals surface area contributed by atoms with Gasteiger partial charge >= 0.3 is 11.9 Å². The first-order valence-corrected chi connectivity index (χ1v) is 9.90. The number of hydrogen-bond donors (Lipinski definition) is 1. The van der Waals surface area contributed by atoms with E-state index in [2.05, 4.69) is 27.7 Å². The summed E-state index contributed by atoms with van der Waals surface area (Å²) in [6, 6.07) is 5.17. The Morgan fingerprint density at radius 3 is 2.50 bits per heavy atom. The van der Waals surface area contributed by atoms with E-state index in [1.54, 1.807) is 12.1 Å². The Labute approximate surface area is 158 Å². The number of unbranched alkanes of at least 4 members (excludes halogenated alkanes) is 1. The Morgan fingerprint density at radius 1 is 1.19 bits per heavy atom. The Morgan fingerprint density at radius 2 is 1.88 bits per heavy atom. The molecule has 1 aliphatic carbocycles. The minimum atomic E-state index is -0.907. The number of carboxylic acid groups (broad SMARTS) is 1. The van der Waals surface area contributed by atoms with Crippen molar-refractivity contribution >= 4 is 11.9 Å².